The molecule has 2 nitrogen and oxygen atoms in total. The van der Waals surface area contributed by atoms with E-state index in [9.17, 15) is 0 Å². The van der Waals surface area contributed by atoms with Gasteiger partial charge in [0.05, 0.1) is 6.04 Å². The standard InChI is InChI=1S/C30H31BrN2/c31-28-15-17-32-20-24(28)19-29-25-10-4-1-9-23(25)16-18-33(29)30-26-11-5-2-7-21(26)13-14-22-8-3-6-12-27(22)30/h2-3,5-9,11-12,15,17,20,25,29-30H,1,4,10,13-14,16,18-19H2/t25-,29-/m1/s1. The minimum atomic E-state index is 0.323. The number of likely N-dealkylation sites (tertiary alicyclic amines) is 1. The lowest BCUT2D eigenvalue weighted by Crippen LogP contribution is -2.50. The zero-order valence-corrected chi connectivity index (χ0v) is 20.7. The van der Waals surface area contributed by atoms with Crippen molar-refractivity contribution in [3.63, 3.8) is 0 Å². The molecule has 2 heterocycles. The third-order valence-corrected chi connectivity index (χ3v) is 8.89. The van der Waals surface area contributed by atoms with E-state index in [1.54, 1.807) is 5.57 Å². The SMILES string of the molecule is Brc1ccncc1C[C@@H]1[C@@H]2CCCC=C2CCN1C1c2ccccc2CCc2ccccc21. The summed E-state index contributed by atoms with van der Waals surface area (Å²) < 4.78 is 1.19. The minimum Gasteiger partial charge on any atom is -0.288 e. The first kappa shape index (κ1) is 21.3. The topological polar surface area (TPSA) is 16.1 Å². The summed E-state index contributed by atoms with van der Waals surface area (Å²) in [6, 6.07) is 21.3. The van der Waals surface area contributed by atoms with Gasteiger partial charge in [0.2, 0.25) is 0 Å². The lowest BCUT2D eigenvalue weighted by molar-refractivity contribution is 0.0864. The second kappa shape index (κ2) is 9.19. The van der Waals surface area contributed by atoms with Crippen molar-refractivity contribution >= 4 is 15.9 Å². The van der Waals surface area contributed by atoms with Crippen LogP contribution < -0.4 is 0 Å². The van der Waals surface area contributed by atoms with E-state index < -0.39 is 0 Å². The molecule has 2 aromatic carbocycles. The average Bonchev–Trinajstić information content (AvgIpc) is 3.03. The number of rotatable bonds is 3. The number of hydrogen-bond acceptors (Lipinski definition) is 2. The van der Waals surface area contributed by atoms with Gasteiger partial charge in [-0.3, -0.25) is 9.88 Å². The normalized spacial score (nSPS) is 23.1. The second-order valence-corrected chi connectivity index (χ2v) is 10.7. The van der Waals surface area contributed by atoms with Gasteiger partial charge in [0.15, 0.2) is 0 Å². The van der Waals surface area contributed by atoms with Crippen molar-refractivity contribution in [2.24, 2.45) is 5.92 Å². The fraction of sp³-hybridized carbons (Fsp3) is 0.367. The molecule has 0 N–H and O–H groups in total. The van der Waals surface area contributed by atoms with Crippen molar-refractivity contribution in [2.45, 2.75) is 57.0 Å². The van der Waals surface area contributed by atoms with Gasteiger partial charge in [-0.15, -0.1) is 0 Å². The molecule has 3 heteroatoms. The molecule has 3 aliphatic rings. The molecule has 0 amide bonds. The van der Waals surface area contributed by atoms with Gasteiger partial charge in [0.1, 0.15) is 0 Å². The molecule has 33 heavy (non-hydrogen) atoms. The third kappa shape index (κ3) is 4.00. The van der Waals surface area contributed by atoms with E-state index in [1.165, 1.54) is 58.0 Å². The molecule has 0 radical (unpaired) electrons. The largest absolute Gasteiger partial charge is 0.288 e. The maximum absolute atomic E-state index is 4.48. The zero-order valence-electron chi connectivity index (χ0n) is 19.1. The maximum Gasteiger partial charge on any atom is 0.0610 e. The van der Waals surface area contributed by atoms with E-state index in [4.69, 9.17) is 0 Å². The number of halogens is 1. The number of pyridine rings is 1. The van der Waals surface area contributed by atoms with E-state index in [1.807, 2.05) is 6.20 Å². The molecule has 3 aromatic rings. The highest BCUT2D eigenvalue weighted by molar-refractivity contribution is 9.10. The van der Waals surface area contributed by atoms with Crippen molar-refractivity contribution in [2.75, 3.05) is 6.54 Å². The molecule has 0 bridgehead atoms. The summed E-state index contributed by atoms with van der Waals surface area (Å²) >= 11 is 3.82. The van der Waals surface area contributed by atoms with Gasteiger partial charge in [-0.1, -0.05) is 76.1 Å². The number of hydrogen-bond donors (Lipinski definition) is 0. The number of nitrogens with zero attached hydrogens (tertiary/aromatic N) is 2. The number of piperidine rings is 1. The molecule has 168 valence electrons. The van der Waals surface area contributed by atoms with Crippen LogP contribution in [0.5, 0.6) is 0 Å². The highest BCUT2D eigenvalue weighted by Crippen LogP contribution is 2.45. The Bertz CT molecular complexity index is 1140. The average molecular weight is 499 g/mol. The van der Waals surface area contributed by atoms with Crippen LogP contribution in [-0.4, -0.2) is 22.5 Å². The molecule has 0 saturated carbocycles. The Hall–Kier alpha value is -2.23. The lowest BCUT2D eigenvalue weighted by Gasteiger charge is -2.48. The summed E-state index contributed by atoms with van der Waals surface area (Å²) in [6.45, 7) is 1.12. The summed E-state index contributed by atoms with van der Waals surface area (Å²) in [7, 11) is 0. The van der Waals surface area contributed by atoms with Crippen molar-refractivity contribution in [1.29, 1.82) is 0 Å². The van der Waals surface area contributed by atoms with Crippen molar-refractivity contribution in [3.05, 3.63) is 111 Å². The van der Waals surface area contributed by atoms with Crippen molar-refractivity contribution in [3.8, 4) is 0 Å². The Balaban J connectivity index is 1.49. The van der Waals surface area contributed by atoms with Crippen LogP contribution in [0, 0.1) is 5.92 Å². The van der Waals surface area contributed by atoms with E-state index in [2.05, 4.69) is 92.7 Å². The minimum absolute atomic E-state index is 0.323. The molecule has 6 rings (SSSR count). The first-order valence-corrected chi connectivity index (χ1v) is 13.3. The fourth-order valence-corrected chi connectivity index (χ4v) is 6.94. The van der Waals surface area contributed by atoms with Gasteiger partial charge in [-0.25, -0.2) is 0 Å². The van der Waals surface area contributed by atoms with Crippen LogP contribution in [0.1, 0.15) is 59.5 Å². The fourth-order valence-electron chi connectivity index (χ4n) is 6.56. The molecule has 1 aliphatic heterocycles. The van der Waals surface area contributed by atoms with E-state index in [0.717, 1.165) is 25.8 Å². The smallest absolute Gasteiger partial charge is 0.0610 e. The summed E-state index contributed by atoms with van der Waals surface area (Å²) in [4.78, 5) is 7.35. The van der Waals surface area contributed by atoms with Gasteiger partial charge in [0.25, 0.3) is 0 Å². The van der Waals surface area contributed by atoms with Crippen LogP contribution >= 0.6 is 15.9 Å². The number of benzene rings is 2. The van der Waals surface area contributed by atoms with Gasteiger partial charge >= 0.3 is 0 Å². The van der Waals surface area contributed by atoms with Gasteiger partial charge in [-0.05, 0) is 84.7 Å². The Kier molecular flexibility index (Phi) is 5.94. The Morgan fingerprint density at radius 1 is 0.909 bits per heavy atom. The lowest BCUT2D eigenvalue weighted by atomic mass is 9.74. The third-order valence-electron chi connectivity index (χ3n) is 8.12. The summed E-state index contributed by atoms with van der Waals surface area (Å²) in [5, 5.41) is 0. The first-order valence-electron chi connectivity index (χ1n) is 12.5. The van der Waals surface area contributed by atoms with E-state index in [0.29, 0.717) is 18.0 Å². The van der Waals surface area contributed by atoms with E-state index >= 15 is 0 Å². The van der Waals surface area contributed by atoms with Crippen LogP contribution in [-0.2, 0) is 19.3 Å². The molecular weight excluding hydrogens is 468 g/mol. The predicted octanol–water partition coefficient (Wildman–Crippen LogP) is 7.08. The molecule has 2 atom stereocenters. The molecule has 2 aliphatic carbocycles. The number of fused-ring (bicyclic) bond motifs is 3. The van der Waals surface area contributed by atoms with Gasteiger partial charge < -0.3 is 0 Å². The summed E-state index contributed by atoms with van der Waals surface area (Å²) in [5.41, 5.74) is 9.10. The molecule has 1 saturated heterocycles. The molecule has 1 aromatic heterocycles. The highest BCUT2D eigenvalue weighted by atomic mass is 79.9. The highest BCUT2D eigenvalue weighted by Gasteiger charge is 2.41. The Morgan fingerprint density at radius 2 is 1.64 bits per heavy atom. The number of aromatic nitrogens is 1. The van der Waals surface area contributed by atoms with Crippen LogP contribution in [0.15, 0.2) is 83.1 Å². The molecular formula is C30H31BrN2. The molecule has 0 spiro atoms. The van der Waals surface area contributed by atoms with Crippen LogP contribution in [0.25, 0.3) is 0 Å². The quantitative estimate of drug-likeness (QED) is 0.358. The number of aryl methyl sites for hydroxylation is 2. The van der Waals surface area contributed by atoms with Crippen LogP contribution in [0.4, 0.5) is 0 Å². The van der Waals surface area contributed by atoms with Gasteiger partial charge in [-0.2, -0.15) is 0 Å². The van der Waals surface area contributed by atoms with Crippen LogP contribution in [0.2, 0.25) is 0 Å². The predicted molar refractivity (Wildman–Crippen MR) is 138 cm³/mol. The zero-order chi connectivity index (χ0) is 22.2. The van der Waals surface area contributed by atoms with E-state index in [-0.39, 0.29) is 0 Å². The molecule has 0 unspecified atom stereocenters. The maximum atomic E-state index is 4.48. The summed E-state index contributed by atoms with van der Waals surface area (Å²) in [5.74, 6) is 0.641. The van der Waals surface area contributed by atoms with Crippen molar-refractivity contribution < 1.29 is 0 Å². The summed E-state index contributed by atoms with van der Waals surface area (Å²) in [6.07, 6.45) is 14.9. The Morgan fingerprint density at radius 3 is 2.36 bits per heavy atom. The van der Waals surface area contributed by atoms with Crippen LogP contribution in [0.3, 0.4) is 0 Å². The second-order valence-electron chi connectivity index (χ2n) is 9.84. The van der Waals surface area contributed by atoms with Crippen molar-refractivity contribution in [1.82, 2.24) is 9.88 Å². The first-order chi connectivity index (χ1) is 16.3. The Labute approximate surface area is 205 Å². The monoisotopic (exact) mass is 498 g/mol. The molecule has 1 fully saturated rings. The number of allylic oxidation sites excluding steroid dienone is 1. The van der Waals surface area contributed by atoms with Gasteiger partial charge in [0, 0.05) is 29.5 Å².